The number of aryl methyl sites for hydroxylation is 2. The fraction of sp³-hybridized carbons (Fsp3) is 0.500. The zero-order valence-electron chi connectivity index (χ0n) is 9.82. The van der Waals surface area contributed by atoms with Gasteiger partial charge in [-0.15, -0.1) is 0 Å². The molecule has 0 spiro atoms. The molecule has 0 bridgehead atoms. The van der Waals surface area contributed by atoms with Crippen molar-refractivity contribution in [3.8, 4) is 0 Å². The molecular formula is C12H18N2O2. The average Bonchev–Trinajstić information content (AvgIpc) is 2.22. The Morgan fingerprint density at radius 1 is 1.31 bits per heavy atom. The highest BCUT2D eigenvalue weighted by molar-refractivity contribution is 5.47. The molecule has 4 heteroatoms. The van der Waals surface area contributed by atoms with E-state index in [4.69, 9.17) is 5.73 Å². The Kier molecular flexibility index (Phi) is 4.43. The van der Waals surface area contributed by atoms with Gasteiger partial charge in [0.25, 0.3) is 5.69 Å². The largest absolute Gasteiger partial charge is 0.330 e. The summed E-state index contributed by atoms with van der Waals surface area (Å²) < 4.78 is 0. The van der Waals surface area contributed by atoms with Crippen LogP contribution in [0.4, 0.5) is 5.69 Å². The molecule has 0 amide bonds. The van der Waals surface area contributed by atoms with Gasteiger partial charge in [-0.25, -0.2) is 0 Å². The summed E-state index contributed by atoms with van der Waals surface area (Å²) in [6.07, 6.45) is 2.81. The summed E-state index contributed by atoms with van der Waals surface area (Å²) in [6, 6.07) is 3.65. The van der Waals surface area contributed by atoms with Gasteiger partial charge >= 0.3 is 0 Å². The molecule has 0 atom stereocenters. The summed E-state index contributed by atoms with van der Waals surface area (Å²) in [4.78, 5) is 10.5. The second-order valence-electron chi connectivity index (χ2n) is 4.07. The van der Waals surface area contributed by atoms with Crippen molar-refractivity contribution in [2.24, 2.45) is 5.73 Å². The van der Waals surface area contributed by atoms with Gasteiger partial charge in [0.2, 0.25) is 0 Å². The second kappa shape index (κ2) is 5.61. The third kappa shape index (κ3) is 3.03. The van der Waals surface area contributed by atoms with Crippen molar-refractivity contribution in [1.29, 1.82) is 0 Å². The Morgan fingerprint density at radius 3 is 2.56 bits per heavy atom. The van der Waals surface area contributed by atoms with Gasteiger partial charge in [0, 0.05) is 11.6 Å². The fourth-order valence-electron chi connectivity index (χ4n) is 1.82. The molecule has 0 heterocycles. The Morgan fingerprint density at radius 2 is 2.00 bits per heavy atom. The van der Waals surface area contributed by atoms with E-state index in [1.165, 1.54) is 0 Å². The molecule has 2 N–H and O–H groups in total. The maximum Gasteiger partial charge on any atom is 0.272 e. The molecule has 0 saturated heterocycles. The molecule has 0 radical (unpaired) electrons. The van der Waals surface area contributed by atoms with Gasteiger partial charge in [0.15, 0.2) is 0 Å². The summed E-state index contributed by atoms with van der Waals surface area (Å²) in [5, 5.41) is 10.8. The number of rotatable bonds is 5. The first-order chi connectivity index (χ1) is 7.56. The first-order valence-corrected chi connectivity index (χ1v) is 5.51. The number of nitro benzene ring substituents is 1. The van der Waals surface area contributed by atoms with Gasteiger partial charge in [-0.2, -0.15) is 0 Å². The van der Waals surface area contributed by atoms with Gasteiger partial charge in [-0.3, -0.25) is 10.1 Å². The van der Waals surface area contributed by atoms with Crippen LogP contribution in [0.3, 0.4) is 0 Å². The van der Waals surface area contributed by atoms with E-state index in [1.807, 2.05) is 19.9 Å². The molecule has 0 aliphatic heterocycles. The fourth-order valence-corrected chi connectivity index (χ4v) is 1.82. The standard InChI is InChI=1S/C12H18N2O2/c1-9-7-11(5-3-4-6-13)10(2)12(8-9)14(15)16/h7-8H,3-6,13H2,1-2H3. The average molecular weight is 222 g/mol. The maximum atomic E-state index is 10.8. The van der Waals surface area contributed by atoms with Crippen molar-refractivity contribution in [3.05, 3.63) is 38.9 Å². The number of nitrogens with two attached hydrogens (primary N) is 1. The molecule has 0 aromatic heterocycles. The number of hydrogen-bond acceptors (Lipinski definition) is 3. The summed E-state index contributed by atoms with van der Waals surface area (Å²) in [5.74, 6) is 0. The molecule has 1 aromatic carbocycles. The van der Waals surface area contributed by atoms with Crippen molar-refractivity contribution in [1.82, 2.24) is 0 Å². The summed E-state index contributed by atoms with van der Waals surface area (Å²) in [6.45, 7) is 4.38. The number of nitro groups is 1. The van der Waals surface area contributed by atoms with Gasteiger partial charge in [-0.05, 0) is 50.8 Å². The van der Waals surface area contributed by atoms with E-state index < -0.39 is 0 Å². The Bertz CT molecular complexity index is 389. The summed E-state index contributed by atoms with van der Waals surface area (Å²) in [5.41, 5.74) is 8.45. The first-order valence-electron chi connectivity index (χ1n) is 5.51. The lowest BCUT2D eigenvalue weighted by Crippen LogP contribution is -2.01. The molecule has 88 valence electrons. The van der Waals surface area contributed by atoms with Crippen molar-refractivity contribution >= 4 is 5.69 Å². The summed E-state index contributed by atoms with van der Waals surface area (Å²) in [7, 11) is 0. The normalized spacial score (nSPS) is 10.4. The molecular weight excluding hydrogens is 204 g/mol. The molecule has 1 aromatic rings. The molecule has 0 aliphatic carbocycles. The molecule has 0 unspecified atom stereocenters. The predicted molar refractivity (Wildman–Crippen MR) is 64.6 cm³/mol. The van der Waals surface area contributed by atoms with Crippen LogP contribution in [0.25, 0.3) is 0 Å². The van der Waals surface area contributed by atoms with Crippen LogP contribution >= 0.6 is 0 Å². The quantitative estimate of drug-likeness (QED) is 0.472. The number of benzene rings is 1. The summed E-state index contributed by atoms with van der Waals surface area (Å²) >= 11 is 0. The lowest BCUT2D eigenvalue weighted by atomic mass is 9.99. The monoisotopic (exact) mass is 222 g/mol. The van der Waals surface area contributed by atoms with E-state index in [0.717, 1.165) is 36.0 Å². The van der Waals surface area contributed by atoms with Crippen LogP contribution in [0.15, 0.2) is 12.1 Å². The van der Waals surface area contributed by atoms with Crippen LogP contribution in [0.1, 0.15) is 29.5 Å². The zero-order chi connectivity index (χ0) is 12.1. The highest BCUT2D eigenvalue weighted by atomic mass is 16.6. The lowest BCUT2D eigenvalue weighted by Gasteiger charge is -2.07. The minimum absolute atomic E-state index is 0.225. The van der Waals surface area contributed by atoms with Gasteiger partial charge < -0.3 is 5.73 Å². The van der Waals surface area contributed by atoms with E-state index in [1.54, 1.807) is 6.07 Å². The van der Waals surface area contributed by atoms with Crippen molar-refractivity contribution < 1.29 is 4.92 Å². The highest BCUT2D eigenvalue weighted by Gasteiger charge is 2.14. The van der Waals surface area contributed by atoms with Crippen LogP contribution in [0.2, 0.25) is 0 Å². The van der Waals surface area contributed by atoms with E-state index in [9.17, 15) is 10.1 Å². The smallest absolute Gasteiger partial charge is 0.272 e. The topological polar surface area (TPSA) is 69.2 Å². The lowest BCUT2D eigenvalue weighted by molar-refractivity contribution is -0.385. The predicted octanol–water partition coefficient (Wildman–Crippen LogP) is 2.49. The van der Waals surface area contributed by atoms with Crippen LogP contribution in [-0.2, 0) is 6.42 Å². The van der Waals surface area contributed by atoms with E-state index in [0.29, 0.717) is 6.54 Å². The molecule has 4 nitrogen and oxygen atoms in total. The van der Waals surface area contributed by atoms with E-state index in [-0.39, 0.29) is 10.6 Å². The minimum Gasteiger partial charge on any atom is -0.330 e. The zero-order valence-corrected chi connectivity index (χ0v) is 9.82. The Balaban J connectivity index is 2.95. The second-order valence-corrected chi connectivity index (χ2v) is 4.07. The van der Waals surface area contributed by atoms with Crippen molar-refractivity contribution in [2.45, 2.75) is 33.1 Å². The Hall–Kier alpha value is -1.42. The minimum atomic E-state index is -0.311. The molecule has 0 aliphatic rings. The number of hydrogen-bond donors (Lipinski definition) is 1. The highest BCUT2D eigenvalue weighted by Crippen LogP contribution is 2.24. The molecule has 1 rings (SSSR count). The SMILES string of the molecule is Cc1cc(CCCCN)c(C)c([N+](=O)[O-])c1. The molecule has 0 fully saturated rings. The molecule has 0 saturated carbocycles. The Labute approximate surface area is 95.6 Å². The maximum absolute atomic E-state index is 10.8. The third-order valence-electron chi connectivity index (χ3n) is 2.73. The van der Waals surface area contributed by atoms with Gasteiger partial charge in [-0.1, -0.05) is 6.07 Å². The number of unbranched alkanes of at least 4 members (excludes halogenated alkanes) is 1. The van der Waals surface area contributed by atoms with Crippen molar-refractivity contribution in [3.63, 3.8) is 0 Å². The van der Waals surface area contributed by atoms with Crippen LogP contribution in [-0.4, -0.2) is 11.5 Å². The molecule has 16 heavy (non-hydrogen) atoms. The van der Waals surface area contributed by atoms with Gasteiger partial charge in [0.1, 0.15) is 0 Å². The van der Waals surface area contributed by atoms with Gasteiger partial charge in [0.05, 0.1) is 4.92 Å². The van der Waals surface area contributed by atoms with E-state index >= 15 is 0 Å². The van der Waals surface area contributed by atoms with Crippen LogP contribution in [0, 0.1) is 24.0 Å². The van der Waals surface area contributed by atoms with Crippen LogP contribution in [0.5, 0.6) is 0 Å². The van der Waals surface area contributed by atoms with E-state index in [2.05, 4.69) is 0 Å². The van der Waals surface area contributed by atoms with Crippen molar-refractivity contribution in [2.75, 3.05) is 6.54 Å². The number of nitrogens with zero attached hydrogens (tertiary/aromatic N) is 1. The third-order valence-corrected chi connectivity index (χ3v) is 2.73. The first kappa shape index (κ1) is 12.6. The van der Waals surface area contributed by atoms with Crippen LogP contribution < -0.4 is 5.73 Å².